The summed E-state index contributed by atoms with van der Waals surface area (Å²) < 4.78 is 0. The van der Waals surface area contributed by atoms with Crippen LogP contribution in [0.5, 0.6) is 0 Å². The molecule has 2 aliphatic rings. The average molecular weight is 272 g/mol. The Hall–Kier alpha value is -1.35. The molecule has 1 aliphatic carbocycles. The fourth-order valence-electron chi connectivity index (χ4n) is 3.57. The van der Waals surface area contributed by atoms with Crippen LogP contribution in [0.15, 0.2) is 30.3 Å². The number of carbonyl (C=O) groups is 1. The lowest BCUT2D eigenvalue weighted by Crippen LogP contribution is -2.42. The van der Waals surface area contributed by atoms with E-state index in [9.17, 15) is 4.79 Å². The molecule has 0 radical (unpaired) electrons. The third-order valence-corrected chi connectivity index (χ3v) is 4.76. The van der Waals surface area contributed by atoms with Crippen molar-refractivity contribution >= 4 is 5.91 Å². The van der Waals surface area contributed by atoms with Gasteiger partial charge in [-0.25, -0.2) is 0 Å². The predicted molar refractivity (Wildman–Crippen MR) is 80.4 cm³/mol. The fourth-order valence-corrected chi connectivity index (χ4v) is 3.57. The maximum absolute atomic E-state index is 12.2. The monoisotopic (exact) mass is 272 g/mol. The number of carbonyl (C=O) groups excluding carboxylic acids is 1. The highest BCUT2D eigenvalue weighted by atomic mass is 16.2. The van der Waals surface area contributed by atoms with Crippen LogP contribution in [0.25, 0.3) is 0 Å². The van der Waals surface area contributed by atoms with Crippen LogP contribution < -0.4 is 10.6 Å². The minimum absolute atomic E-state index is 0.188. The lowest BCUT2D eigenvalue weighted by molar-refractivity contribution is -0.125. The molecule has 1 saturated carbocycles. The highest BCUT2D eigenvalue weighted by Gasteiger charge is 2.31. The molecule has 1 heterocycles. The standard InChI is InChI=1S/C17H24N2O/c20-17(15-9-10-18-12-15)19-16-8-4-7-14(16)11-13-5-2-1-3-6-13/h1-3,5-6,14-16,18H,4,7-12H2,(H,19,20). The van der Waals surface area contributed by atoms with E-state index >= 15 is 0 Å². The topological polar surface area (TPSA) is 41.1 Å². The number of hydrogen-bond donors (Lipinski definition) is 2. The average Bonchev–Trinajstić information content (AvgIpc) is 3.12. The van der Waals surface area contributed by atoms with Gasteiger partial charge in [0.2, 0.25) is 5.91 Å². The summed E-state index contributed by atoms with van der Waals surface area (Å²) in [7, 11) is 0. The molecule has 3 unspecified atom stereocenters. The van der Waals surface area contributed by atoms with Crippen LogP contribution in [0.1, 0.15) is 31.2 Å². The third kappa shape index (κ3) is 3.21. The molecule has 1 aromatic rings. The third-order valence-electron chi connectivity index (χ3n) is 4.76. The van der Waals surface area contributed by atoms with Crippen molar-refractivity contribution < 1.29 is 4.79 Å². The maximum atomic E-state index is 12.2. The first-order valence-electron chi connectivity index (χ1n) is 7.88. The van der Waals surface area contributed by atoms with Gasteiger partial charge in [-0.15, -0.1) is 0 Å². The molecule has 2 N–H and O–H groups in total. The van der Waals surface area contributed by atoms with Crippen LogP contribution in [0.4, 0.5) is 0 Å². The highest BCUT2D eigenvalue weighted by molar-refractivity contribution is 5.79. The van der Waals surface area contributed by atoms with E-state index in [0.29, 0.717) is 12.0 Å². The summed E-state index contributed by atoms with van der Waals surface area (Å²) in [5.41, 5.74) is 1.39. The van der Waals surface area contributed by atoms with Gasteiger partial charge in [0.25, 0.3) is 0 Å². The zero-order chi connectivity index (χ0) is 13.8. The molecule has 3 rings (SSSR count). The van der Waals surface area contributed by atoms with Crippen molar-refractivity contribution in [1.82, 2.24) is 10.6 Å². The molecule has 108 valence electrons. The van der Waals surface area contributed by atoms with Crippen molar-refractivity contribution in [2.24, 2.45) is 11.8 Å². The van der Waals surface area contributed by atoms with E-state index in [-0.39, 0.29) is 11.8 Å². The van der Waals surface area contributed by atoms with E-state index < -0.39 is 0 Å². The molecule has 1 aliphatic heterocycles. The Bertz CT molecular complexity index is 440. The molecule has 2 fully saturated rings. The normalized spacial score (nSPS) is 29.5. The highest BCUT2D eigenvalue weighted by Crippen LogP contribution is 2.29. The maximum Gasteiger partial charge on any atom is 0.224 e. The predicted octanol–water partition coefficient (Wildman–Crippen LogP) is 2.12. The second-order valence-electron chi connectivity index (χ2n) is 6.19. The van der Waals surface area contributed by atoms with Crippen LogP contribution in [-0.4, -0.2) is 25.0 Å². The summed E-state index contributed by atoms with van der Waals surface area (Å²) >= 11 is 0. The van der Waals surface area contributed by atoms with Crippen molar-refractivity contribution in [3.63, 3.8) is 0 Å². The number of hydrogen-bond acceptors (Lipinski definition) is 2. The Morgan fingerprint density at radius 1 is 1.20 bits per heavy atom. The number of rotatable bonds is 4. The van der Waals surface area contributed by atoms with E-state index in [1.54, 1.807) is 0 Å². The van der Waals surface area contributed by atoms with Crippen LogP contribution in [0.3, 0.4) is 0 Å². The molecular weight excluding hydrogens is 248 g/mol. The first-order valence-corrected chi connectivity index (χ1v) is 7.88. The summed E-state index contributed by atoms with van der Waals surface area (Å²) in [6, 6.07) is 11.0. The molecule has 0 bridgehead atoms. The summed E-state index contributed by atoms with van der Waals surface area (Å²) in [4.78, 5) is 12.2. The number of nitrogens with one attached hydrogen (secondary N) is 2. The molecule has 20 heavy (non-hydrogen) atoms. The summed E-state index contributed by atoms with van der Waals surface area (Å²) in [5.74, 6) is 1.06. The van der Waals surface area contributed by atoms with Gasteiger partial charge in [-0.3, -0.25) is 4.79 Å². The van der Waals surface area contributed by atoms with Gasteiger partial charge in [-0.2, -0.15) is 0 Å². The quantitative estimate of drug-likeness (QED) is 0.881. The molecule has 1 saturated heterocycles. The first kappa shape index (κ1) is 13.6. The molecular formula is C17H24N2O. The van der Waals surface area contributed by atoms with E-state index in [1.807, 2.05) is 0 Å². The summed E-state index contributed by atoms with van der Waals surface area (Å²) in [6.45, 7) is 1.83. The molecule has 1 aromatic carbocycles. The van der Waals surface area contributed by atoms with E-state index in [1.165, 1.54) is 18.4 Å². The van der Waals surface area contributed by atoms with E-state index in [0.717, 1.165) is 32.4 Å². The SMILES string of the molecule is O=C(NC1CCCC1Cc1ccccc1)C1CCNC1. The Labute approximate surface area is 121 Å². The van der Waals surface area contributed by atoms with Gasteiger partial charge in [0.05, 0.1) is 5.92 Å². The van der Waals surface area contributed by atoms with Gasteiger partial charge in [0.1, 0.15) is 0 Å². The number of amides is 1. The van der Waals surface area contributed by atoms with E-state index in [2.05, 4.69) is 41.0 Å². The van der Waals surface area contributed by atoms with Gasteiger partial charge in [-0.05, 0) is 43.7 Å². The van der Waals surface area contributed by atoms with Gasteiger partial charge in [0, 0.05) is 12.6 Å². The van der Waals surface area contributed by atoms with Crippen molar-refractivity contribution in [3.05, 3.63) is 35.9 Å². The molecule has 0 spiro atoms. The Morgan fingerprint density at radius 3 is 2.80 bits per heavy atom. The van der Waals surface area contributed by atoms with Crippen LogP contribution in [0.2, 0.25) is 0 Å². The first-order chi connectivity index (χ1) is 9.83. The zero-order valence-corrected chi connectivity index (χ0v) is 12.0. The van der Waals surface area contributed by atoms with Gasteiger partial charge >= 0.3 is 0 Å². The van der Waals surface area contributed by atoms with Crippen LogP contribution >= 0.6 is 0 Å². The van der Waals surface area contributed by atoms with Crippen molar-refractivity contribution in [1.29, 1.82) is 0 Å². The van der Waals surface area contributed by atoms with E-state index in [4.69, 9.17) is 0 Å². The second-order valence-corrected chi connectivity index (χ2v) is 6.19. The lowest BCUT2D eigenvalue weighted by atomic mass is 9.94. The lowest BCUT2D eigenvalue weighted by Gasteiger charge is -2.22. The molecule has 3 nitrogen and oxygen atoms in total. The molecule has 1 amide bonds. The zero-order valence-electron chi connectivity index (χ0n) is 12.0. The summed E-state index contributed by atoms with van der Waals surface area (Å²) in [6.07, 6.45) is 5.70. The Kier molecular flexibility index (Phi) is 4.36. The van der Waals surface area contributed by atoms with Gasteiger partial charge in [0.15, 0.2) is 0 Å². The van der Waals surface area contributed by atoms with Crippen molar-refractivity contribution in [2.75, 3.05) is 13.1 Å². The fraction of sp³-hybridized carbons (Fsp3) is 0.588. The minimum atomic E-state index is 0.188. The second kappa shape index (κ2) is 6.40. The number of benzene rings is 1. The van der Waals surface area contributed by atoms with Crippen molar-refractivity contribution in [2.45, 2.75) is 38.1 Å². The Balaban J connectivity index is 1.56. The Morgan fingerprint density at radius 2 is 2.05 bits per heavy atom. The van der Waals surface area contributed by atoms with Crippen LogP contribution in [-0.2, 0) is 11.2 Å². The van der Waals surface area contributed by atoms with Gasteiger partial charge in [-0.1, -0.05) is 36.8 Å². The van der Waals surface area contributed by atoms with Crippen LogP contribution in [0, 0.1) is 11.8 Å². The minimum Gasteiger partial charge on any atom is -0.353 e. The molecule has 0 aromatic heterocycles. The summed E-state index contributed by atoms with van der Waals surface area (Å²) in [5, 5.41) is 6.58. The smallest absolute Gasteiger partial charge is 0.224 e. The van der Waals surface area contributed by atoms with Gasteiger partial charge < -0.3 is 10.6 Å². The van der Waals surface area contributed by atoms with Crippen molar-refractivity contribution in [3.8, 4) is 0 Å². The molecule has 3 atom stereocenters. The molecule has 3 heteroatoms. The largest absolute Gasteiger partial charge is 0.353 e.